The van der Waals surface area contributed by atoms with E-state index < -0.39 is 23.3 Å². The molecule has 3 aromatic rings. The summed E-state index contributed by atoms with van der Waals surface area (Å²) in [6.07, 6.45) is 1.81. The second-order valence-electron chi connectivity index (χ2n) is 7.77. The van der Waals surface area contributed by atoms with E-state index in [2.05, 4.69) is 11.9 Å². The second-order valence-corrected chi connectivity index (χ2v) is 7.77. The molecule has 0 radical (unpaired) electrons. The lowest BCUT2D eigenvalue weighted by atomic mass is 9.74. The van der Waals surface area contributed by atoms with Gasteiger partial charge in [-0.1, -0.05) is 60.7 Å². The first-order valence-electron chi connectivity index (χ1n) is 10.8. The molecule has 0 aliphatic heterocycles. The molecular weight excluding hydrogens is 430 g/mol. The van der Waals surface area contributed by atoms with E-state index in [-0.39, 0.29) is 6.42 Å². The molecule has 0 aliphatic rings. The smallest absolute Gasteiger partial charge is 0.332 e. The highest BCUT2D eigenvalue weighted by Crippen LogP contribution is 2.40. The van der Waals surface area contributed by atoms with Crippen LogP contribution in [0.1, 0.15) is 27.4 Å². The van der Waals surface area contributed by atoms with Crippen LogP contribution in [0.25, 0.3) is 0 Å². The maximum absolute atomic E-state index is 13.6. The molecule has 0 unspecified atom stereocenters. The minimum Gasteiger partial charge on any atom is -0.497 e. The lowest BCUT2D eigenvalue weighted by Crippen LogP contribution is -2.60. The normalized spacial score (nSPS) is 13.1. The third kappa shape index (κ3) is 5.12. The summed E-state index contributed by atoms with van der Waals surface area (Å²) in [5.74, 6) is -0.582. The van der Waals surface area contributed by atoms with Crippen molar-refractivity contribution in [1.82, 2.24) is 5.32 Å². The Hall–Kier alpha value is -4.06. The number of rotatable bonds is 10. The zero-order chi connectivity index (χ0) is 24.6. The van der Waals surface area contributed by atoms with Gasteiger partial charge in [-0.3, -0.25) is 4.79 Å². The minimum absolute atomic E-state index is 0.172. The van der Waals surface area contributed by atoms with Crippen LogP contribution in [-0.2, 0) is 16.0 Å². The number of esters is 1. The number of carbonyl (C=O) groups is 2. The summed E-state index contributed by atoms with van der Waals surface area (Å²) in [6, 6.07) is 23.5. The zero-order valence-electron chi connectivity index (χ0n) is 19.6. The van der Waals surface area contributed by atoms with Gasteiger partial charge in [-0.2, -0.15) is 0 Å². The molecule has 0 fully saturated rings. The van der Waals surface area contributed by atoms with Crippen molar-refractivity contribution in [3.63, 3.8) is 0 Å². The standard InChI is InChI=1S/C28H29NO5/c1-5-24(23-17-16-22(32-2)18-25(23)33-3)28(27(31)34-4,19-20-12-8-6-9-13-20)29-26(30)21-14-10-7-11-15-21/h5-18,24H,1,19H2,2-4H3,(H,29,30)/t24-,28-/m1/s1. The average Bonchev–Trinajstić information content (AvgIpc) is 2.89. The minimum atomic E-state index is -1.51. The molecule has 34 heavy (non-hydrogen) atoms. The lowest BCUT2D eigenvalue weighted by molar-refractivity contribution is -0.148. The molecule has 0 heterocycles. The van der Waals surface area contributed by atoms with Crippen molar-refractivity contribution in [3.05, 3.63) is 108 Å². The monoisotopic (exact) mass is 459 g/mol. The van der Waals surface area contributed by atoms with Crippen LogP contribution in [-0.4, -0.2) is 38.7 Å². The molecule has 3 rings (SSSR count). The largest absolute Gasteiger partial charge is 0.497 e. The molecule has 0 aromatic heterocycles. The maximum Gasteiger partial charge on any atom is 0.332 e. The highest BCUT2D eigenvalue weighted by Gasteiger charge is 2.48. The van der Waals surface area contributed by atoms with Crippen LogP contribution in [0.2, 0.25) is 0 Å². The van der Waals surface area contributed by atoms with Gasteiger partial charge >= 0.3 is 5.97 Å². The fourth-order valence-electron chi connectivity index (χ4n) is 4.12. The highest BCUT2D eigenvalue weighted by atomic mass is 16.5. The van der Waals surface area contributed by atoms with E-state index >= 15 is 0 Å². The van der Waals surface area contributed by atoms with Crippen LogP contribution < -0.4 is 14.8 Å². The second kappa shape index (κ2) is 11.2. The van der Waals surface area contributed by atoms with E-state index in [1.165, 1.54) is 14.2 Å². The SMILES string of the molecule is C=C[C@H](c1ccc(OC)cc1OC)[C@@](Cc1ccccc1)(NC(=O)c1ccccc1)C(=O)OC. The van der Waals surface area contributed by atoms with Gasteiger partial charge in [-0.15, -0.1) is 6.58 Å². The molecule has 0 aliphatic carbocycles. The summed E-state index contributed by atoms with van der Waals surface area (Å²) in [6.45, 7) is 4.01. The molecule has 2 atom stereocenters. The summed E-state index contributed by atoms with van der Waals surface area (Å²) in [4.78, 5) is 26.9. The van der Waals surface area contributed by atoms with Gasteiger partial charge in [0.1, 0.15) is 11.5 Å². The summed E-state index contributed by atoms with van der Waals surface area (Å²) in [5.41, 5.74) is 0.425. The number of hydrogen-bond donors (Lipinski definition) is 1. The number of ether oxygens (including phenoxy) is 3. The van der Waals surface area contributed by atoms with Crippen LogP contribution in [0.4, 0.5) is 0 Å². The maximum atomic E-state index is 13.6. The third-order valence-electron chi connectivity index (χ3n) is 5.79. The molecule has 1 N–H and O–H groups in total. The number of nitrogens with one attached hydrogen (secondary N) is 1. The molecular formula is C28H29NO5. The van der Waals surface area contributed by atoms with Crippen molar-refractivity contribution in [1.29, 1.82) is 0 Å². The Balaban J connectivity index is 2.21. The molecule has 1 amide bonds. The highest BCUT2D eigenvalue weighted by molar-refractivity contribution is 5.99. The van der Waals surface area contributed by atoms with E-state index in [0.717, 1.165) is 5.56 Å². The molecule has 0 saturated heterocycles. The van der Waals surface area contributed by atoms with Crippen LogP contribution >= 0.6 is 0 Å². The van der Waals surface area contributed by atoms with Gasteiger partial charge in [0.05, 0.1) is 21.3 Å². The Morgan fingerprint density at radius 2 is 1.59 bits per heavy atom. The first-order valence-corrected chi connectivity index (χ1v) is 10.8. The number of benzene rings is 3. The van der Waals surface area contributed by atoms with Crippen molar-refractivity contribution in [2.24, 2.45) is 0 Å². The Labute approximate surface area is 200 Å². The van der Waals surface area contributed by atoms with Crippen LogP contribution in [0.15, 0.2) is 91.5 Å². The Kier molecular flexibility index (Phi) is 8.09. The van der Waals surface area contributed by atoms with Crippen molar-refractivity contribution in [2.75, 3.05) is 21.3 Å². The number of carbonyl (C=O) groups excluding carboxylic acids is 2. The first-order chi connectivity index (χ1) is 16.5. The third-order valence-corrected chi connectivity index (χ3v) is 5.79. The summed E-state index contributed by atoms with van der Waals surface area (Å²) in [5, 5.41) is 3.00. The number of methoxy groups -OCH3 is 3. The Morgan fingerprint density at radius 1 is 0.941 bits per heavy atom. The molecule has 6 nitrogen and oxygen atoms in total. The topological polar surface area (TPSA) is 73.9 Å². The quantitative estimate of drug-likeness (QED) is 0.355. The Morgan fingerprint density at radius 3 is 2.15 bits per heavy atom. The van der Waals surface area contributed by atoms with E-state index in [9.17, 15) is 9.59 Å². The molecule has 0 saturated carbocycles. The fourth-order valence-corrected chi connectivity index (χ4v) is 4.12. The van der Waals surface area contributed by atoms with E-state index in [1.54, 1.807) is 55.7 Å². The van der Waals surface area contributed by atoms with Gasteiger partial charge in [0.2, 0.25) is 0 Å². The van der Waals surface area contributed by atoms with Gasteiger partial charge in [-0.05, 0) is 23.8 Å². The summed E-state index contributed by atoms with van der Waals surface area (Å²) >= 11 is 0. The van der Waals surface area contributed by atoms with Crippen molar-refractivity contribution in [3.8, 4) is 11.5 Å². The van der Waals surface area contributed by atoms with Crippen molar-refractivity contribution >= 4 is 11.9 Å². The molecule has 0 bridgehead atoms. The Bertz CT molecular complexity index is 1130. The molecule has 176 valence electrons. The van der Waals surface area contributed by atoms with Gasteiger partial charge < -0.3 is 19.5 Å². The van der Waals surface area contributed by atoms with Crippen LogP contribution in [0.3, 0.4) is 0 Å². The average molecular weight is 460 g/mol. The number of hydrogen-bond acceptors (Lipinski definition) is 5. The van der Waals surface area contributed by atoms with Crippen LogP contribution in [0.5, 0.6) is 11.5 Å². The first kappa shape index (κ1) is 24.6. The molecule has 3 aromatic carbocycles. The molecule has 6 heteroatoms. The van der Waals surface area contributed by atoms with Crippen LogP contribution in [0, 0.1) is 0 Å². The molecule has 0 spiro atoms. The van der Waals surface area contributed by atoms with E-state index in [1.807, 2.05) is 36.4 Å². The van der Waals surface area contributed by atoms with E-state index in [0.29, 0.717) is 22.6 Å². The zero-order valence-corrected chi connectivity index (χ0v) is 19.6. The van der Waals surface area contributed by atoms with Gasteiger partial charge in [0.15, 0.2) is 5.54 Å². The number of amides is 1. The van der Waals surface area contributed by atoms with Crippen molar-refractivity contribution in [2.45, 2.75) is 17.9 Å². The summed E-state index contributed by atoms with van der Waals surface area (Å²) < 4.78 is 16.2. The van der Waals surface area contributed by atoms with Gasteiger partial charge in [-0.25, -0.2) is 4.79 Å². The summed E-state index contributed by atoms with van der Waals surface area (Å²) in [7, 11) is 4.41. The predicted molar refractivity (Wildman–Crippen MR) is 131 cm³/mol. The van der Waals surface area contributed by atoms with Gasteiger partial charge in [0.25, 0.3) is 5.91 Å². The predicted octanol–water partition coefficient (Wildman–Crippen LogP) is 4.56. The van der Waals surface area contributed by atoms with Crippen molar-refractivity contribution < 1.29 is 23.8 Å². The van der Waals surface area contributed by atoms with Gasteiger partial charge in [0, 0.05) is 29.5 Å². The lowest BCUT2D eigenvalue weighted by Gasteiger charge is -2.38. The fraction of sp³-hybridized carbons (Fsp3) is 0.214. The van der Waals surface area contributed by atoms with E-state index in [4.69, 9.17) is 14.2 Å².